The normalized spacial score (nSPS) is 22.1. The number of halogens is 2. The first-order chi connectivity index (χ1) is 13.3. The molecule has 0 unspecified atom stereocenters. The minimum Gasteiger partial charge on any atom is -0.396 e. The summed E-state index contributed by atoms with van der Waals surface area (Å²) in [6.07, 6.45) is 1.88. The fourth-order valence-electron chi connectivity index (χ4n) is 2.90. The van der Waals surface area contributed by atoms with Crippen molar-refractivity contribution in [3.63, 3.8) is 0 Å². The number of aliphatic hydroxyl groups excluding tert-OH is 1. The molecule has 152 valence electrons. The largest absolute Gasteiger partial charge is 0.396 e. The Kier molecular flexibility index (Phi) is 6.63. The van der Waals surface area contributed by atoms with Crippen molar-refractivity contribution in [2.45, 2.75) is 24.9 Å². The first-order valence-electron chi connectivity index (χ1n) is 8.37. The van der Waals surface area contributed by atoms with Crippen LogP contribution in [0.1, 0.15) is 23.9 Å². The predicted molar refractivity (Wildman–Crippen MR) is 104 cm³/mol. The van der Waals surface area contributed by atoms with Crippen LogP contribution in [-0.4, -0.2) is 47.9 Å². The van der Waals surface area contributed by atoms with E-state index in [9.17, 15) is 17.6 Å². The molecule has 0 radical (unpaired) electrons. The van der Waals surface area contributed by atoms with Crippen molar-refractivity contribution in [2.24, 2.45) is 0 Å². The molecule has 0 saturated carbocycles. The molecular formula is C16H18ClFN4O4S2. The van der Waals surface area contributed by atoms with Crippen molar-refractivity contribution >= 4 is 44.7 Å². The number of amides is 1. The second-order valence-electron chi connectivity index (χ2n) is 6.10. The highest BCUT2D eigenvalue weighted by molar-refractivity contribution is 7.87. The molecule has 3 rings (SSSR count). The summed E-state index contributed by atoms with van der Waals surface area (Å²) < 4.78 is 42.3. The van der Waals surface area contributed by atoms with Crippen molar-refractivity contribution in [1.82, 2.24) is 14.0 Å². The van der Waals surface area contributed by atoms with Crippen LogP contribution in [0.15, 0.2) is 29.8 Å². The van der Waals surface area contributed by atoms with E-state index in [0.29, 0.717) is 5.01 Å². The summed E-state index contributed by atoms with van der Waals surface area (Å²) in [5.74, 6) is -1.20. The van der Waals surface area contributed by atoms with Gasteiger partial charge in [-0.05, 0) is 31.0 Å². The number of aliphatic hydroxyl groups is 1. The van der Waals surface area contributed by atoms with Gasteiger partial charge in [0.1, 0.15) is 16.9 Å². The monoisotopic (exact) mass is 448 g/mol. The number of benzene rings is 1. The van der Waals surface area contributed by atoms with E-state index in [4.69, 9.17) is 16.7 Å². The molecule has 1 aliphatic rings. The molecule has 0 bridgehead atoms. The van der Waals surface area contributed by atoms with E-state index in [1.807, 2.05) is 0 Å². The van der Waals surface area contributed by atoms with Crippen LogP contribution in [-0.2, 0) is 15.0 Å². The van der Waals surface area contributed by atoms with Crippen molar-refractivity contribution in [2.75, 3.05) is 18.5 Å². The van der Waals surface area contributed by atoms with Gasteiger partial charge < -0.3 is 10.4 Å². The third-order valence-electron chi connectivity index (χ3n) is 4.18. The second-order valence-corrected chi connectivity index (χ2v) is 9.09. The van der Waals surface area contributed by atoms with E-state index in [0.717, 1.165) is 10.4 Å². The van der Waals surface area contributed by atoms with Gasteiger partial charge in [-0.25, -0.2) is 9.37 Å². The van der Waals surface area contributed by atoms with E-state index < -0.39 is 34.0 Å². The van der Waals surface area contributed by atoms with Gasteiger partial charge in [0.15, 0.2) is 0 Å². The zero-order valence-corrected chi connectivity index (χ0v) is 16.9. The van der Waals surface area contributed by atoms with E-state index >= 15 is 0 Å². The molecule has 1 aromatic heterocycles. The van der Waals surface area contributed by atoms with Crippen LogP contribution in [0.25, 0.3) is 0 Å². The Labute approximate surface area is 170 Å². The number of hydrogen-bond donors (Lipinski definition) is 3. The fraction of sp³-hybridized carbons (Fsp3) is 0.375. The van der Waals surface area contributed by atoms with Crippen LogP contribution in [0, 0.1) is 5.82 Å². The maximum absolute atomic E-state index is 13.3. The molecule has 3 N–H and O–H groups in total. The summed E-state index contributed by atoms with van der Waals surface area (Å²) in [6.45, 7) is -0.247. The molecule has 8 nitrogen and oxygen atoms in total. The smallest absolute Gasteiger partial charge is 0.280 e. The Hall–Kier alpha value is -1.63. The third-order valence-corrected chi connectivity index (χ3v) is 7.00. The maximum atomic E-state index is 13.3. The SMILES string of the molecule is O=C(Nc1ccc(F)c(Cl)c1)[C@@H]1C[C@H](c2nccs2)NS(=O)(=O)N1CCCO. The number of nitrogens with zero attached hydrogens (tertiary/aromatic N) is 2. The van der Waals surface area contributed by atoms with E-state index in [1.165, 1.54) is 23.5 Å². The number of carbonyl (C=O) groups is 1. The van der Waals surface area contributed by atoms with Crippen LogP contribution in [0.5, 0.6) is 0 Å². The summed E-state index contributed by atoms with van der Waals surface area (Å²) in [7, 11) is -3.98. The number of thiazole rings is 1. The number of hydrogen-bond acceptors (Lipinski definition) is 6. The van der Waals surface area contributed by atoms with E-state index in [-0.39, 0.29) is 36.7 Å². The molecule has 2 aromatic rings. The highest BCUT2D eigenvalue weighted by atomic mass is 35.5. The third kappa shape index (κ3) is 4.67. The van der Waals surface area contributed by atoms with Crippen LogP contribution in [0.3, 0.4) is 0 Å². The lowest BCUT2D eigenvalue weighted by Crippen LogP contribution is -2.57. The van der Waals surface area contributed by atoms with Crippen LogP contribution in [0.2, 0.25) is 5.02 Å². The van der Waals surface area contributed by atoms with Gasteiger partial charge in [-0.3, -0.25) is 4.79 Å². The molecule has 1 fully saturated rings. The van der Waals surface area contributed by atoms with Crippen LogP contribution >= 0.6 is 22.9 Å². The summed E-state index contributed by atoms with van der Waals surface area (Å²) in [5.41, 5.74) is 0.250. The van der Waals surface area contributed by atoms with Gasteiger partial charge in [0, 0.05) is 30.4 Å². The molecule has 28 heavy (non-hydrogen) atoms. The van der Waals surface area contributed by atoms with Crippen molar-refractivity contribution < 1.29 is 22.7 Å². The van der Waals surface area contributed by atoms with Crippen molar-refractivity contribution in [3.8, 4) is 0 Å². The number of carbonyl (C=O) groups excluding carboxylic acids is 1. The van der Waals surface area contributed by atoms with Crippen molar-refractivity contribution in [3.05, 3.63) is 45.6 Å². The summed E-state index contributed by atoms with van der Waals surface area (Å²) >= 11 is 7.02. The molecule has 1 amide bonds. The maximum Gasteiger partial charge on any atom is 0.280 e. The number of rotatable bonds is 6. The summed E-state index contributed by atoms with van der Waals surface area (Å²) in [5, 5.41) is 13.8. The Morgan fingerprint density at radius 1 is 1.50 bits per heavy atom. The molecule has 1 aliphatic heterocycles. The molecule has 1 aromatic carbocycles. The zero-order valence-electron chi connectivity index (χ0n) is 14.5. The number of aromatic nitrogens is 1. The number of nitrogens with one attached hydrogen (secondary N) is 2. The first-order valence-corrected chi connectivity index (χ1v) is 11.1. The lowest BCUT2D eigenvalue weighted by molar-refractivity contribution is -0.120. The Balaban J connectivity index is 1.87. The standard InChI is InChI=1S/C16H18ClFN4O4S2/c17-11-8-10(2-3-12(11)18)20-15(24)14-9-13(16-19-4-7-27-16)21-28(25,26)22(14)5-1-6-23/h2-4,7-8,13-14,21,23H,1,5-6,9H2,(H,20,24)/t13-,14+/m1/s1. The zero-order chi connectivity index (χ0) is 20.3. The Morgan fingerprint density at radius 2 is 2.29 bits per heavy atom. The molecular weight excluding hydrogens is 431 g/mol. The summed E-state index contributed by atoms with van der Waals surface area (Å²) in [6, 6.07) is 2.02. The molecule has 12 heteroatoms. The Morgan fingerprint density at radius 3 is 2.93 bits per heavy atom. The summed E-state index contributed by atoms with van der Waals surface area (Å²) in [4.78, 5) is 17.0. The van der Waals surface area contributed by atoms with Crippen LogP contribution in [0.4, 0.5) is 10.1 Å². The molecule has 2 atom stereocenters. The highest BCUT2D eigenvalue weighted by Gasteiger charge is 2.43. The predicted octanol–water partition coefficient (Wildman–Crippen LogP) is 1.91. The van der Waals surface area contributed by atoms with Gasteiger partial charge in [-0.15, -0.1) is 11.3 Å². The minimum absolute atomic E-state index is 0.0291. The topological polar surface area (TPSA) is 112 Å². The number of anilines is 1. The molecule has 1 saturated heterocycles. The van der Waals surface area contributed by atoms with E-state index in [2.05, 4.69) is 15.0 Å². The van der Waals surface area contributed by atoms with Crippen molar-refractivity contribution in [1.29, 1.82) is 0 Å². The van der Waals surface area contributed by atoms with Gasteiger partial charge in [-0.2, -0.15) is 17.4 Å². The Bertz CT molecular complexity index is 942. The van der Waals surface area contributed by atoms with Gasteiger partial charge in [0.2, 0.25) is 5.91 Å². The van der Waals surface area contributed by atoms with Gasteiger partial charge in [0.25, 0.3) is 10.2 Å². The quantitative estimate of drug-likeness (QED) is 0.625. The molecule has 2 heterocycles. The van der Waals surface area contributed by atoms with E-state index in [1.54, 1.807) is 11.6 Å². The highest BCUT2D eigenvalue weighted by Crippen LogP contribution is 2.31. The van der Waals surface area contributed by atoms with Gasteiger partial charge >= 0.3 is 0 Å². The average Bonchev–Trinajstić information content (AvgIpc) is 3.17. The molecule has 0 aliphatic carbocycles. The minimum atomic E-state index is -3.98. The van der Waals surface area contributed by atoms with Crippen LogP contribution < -0.4 is 10.0 Å². The second kappa shape index (κ2) is 8.80. The first kappa shape index (κ1) is 21.1. The fourth-order valence-corrected chi connectivity index (χ4v) is 5.45. The lowest BCUT2D eigenvalue weighted by atomic mass is 10.1. The van der Waals surface area contributed by atoms with Gasteiger partial charge in [0.05, 0.1) is 11.1 Å². The lowest BCUT2D eigenvalue weighted by Gasteiger charge is -2.37. The molecule has 0 spiro atoms. The average molecular weight is 449 g/mol. The van der Waals surface area contributed by atoms with Gasteiger partial charge in [-0.1, -0.05) is 11.6 Å².